The molecular weight excluding hydrogens is 265 g/mol. The van der Waals surface area contributed by atoms with Crippen LogP contribution in [0.25, 0.3) is 10.4 Å². The minimum atomic E-state index is -0.409. The van der Waals surface area contributed by atoms with Crippen molar-refractivity contribution in [3.63, 3.8) is 0 Å². The van der Waals surface area contributed by atoms with E-state index in [4.69, 9.17) is 10.3 Å². The number of benzene rings is 1. The maximum Gasteiger partial charge on any atom is 0.166 e. The number of rotatable bonds is 5. The summed E-state index contributed by atoms with van der Waals surface area (Å²) in [4.78, 5) is 2.60. The molecule has 0 radical (unpaired) electrons. The molecule has 0 heterocycles. The third kappa shape index (κ3) is 4.18. The van der Waals surface area contributed by atoms with Crippen molar-refractivity contribution < 1.29 is 9.13 Å². The zero-order valence-corrected chi connectivity index (χ0v) is 9.45. The van der Waals surface area contributed by atoms with Gasteiger partial charge in [0.1, 0.15) is 0 Å². The Morgan fingerprint density at radius 3 is 3.00 bits per heavy atom. The first-order chi connectivity index (χ1) is 7.24. The summed E-state index contributed by atoms with van der Waals surface area (Å²) < 4.78 is 19.0. The molecule has 15 heavy (non-hydrogen) atoms. The van der Waals surface area contributed by atoms with Crippen LogP contribution in [0.2, 0.25) is 0 Å². The van der Waals surface area contributed by atoms with E-state index >= 15 is 0 Å². The Bertz CT molecular complexity index is 380. The number of azide groups is 1. The Hall–Kier alpha value is -1.26. The van der Waals surface area contributed by atoms with E-state index in [0.717, 1.165) is 0 Å². The van der Waals surface area contributed by atoms with E-state index in [1.807, 2.05) is 0 Å². The van der Waals surface area contributed by atoms with Crippen molar-refractivity contribution in [1.29, 1.82) is 0 Å². The lowest BCUT2D eigenvalue weighted by molar-refractivity contribution is 0.297. The number of nitrogens with zero attached hydrogens (tertiary/aromatic N) is 3. The van der Waals surface area contributed by atoms with Gasteiger partial charge in [-0.3, -0.25) is 0 Å². The van der Waals surface area contributed by atoms with Crippen molar-refractivity contribution in [2.45, 2.75) is 6.42 Å². The van der Waals surface area contributed by atoms with E-state index in [1.54, 1.807) is 12.1 Å². The van der Waals surface area contributed by atoms with Gasteiger partial charge in [-0.05, 0) is 30.2 Å². The summed E-state index contributed by atoms with van der Waals surface area (Å²) in [5, 5.41) is 3.34. The third-order valence-corrected chi connectivity index (χ3v) is 2.11. The van der Waals surface area contributed by atoms with Crippen LogP contribution in [0.4, 0.5) is 4.39 Å². The number of hydrogen-bond donors (Lipinski definition) is 0. The Labute approximate surface area is 94.8 Å². The van der Waals surface area contributed by atoms with E-state index in [-0.39, 0.29) is 5.75 Å². The van der Waals surface area contributed by atoms with E-state index in [1.165, 1.54) is 6.07 Å². The molecule has 4 nitrogen and oxygen atoms in total. The van der Waals surface area contributed by atoms with Crippen molar-refractivity contribution >= 4 is 15.9 Å². The van der Waals surface area contributed by atoms with Crippen LogP contribution in [0.5, 0.6) is 5.75 Å². The molecular formula is C9H9BrFN3O. The number of hydrogen-bond acceptors (Lipinski definition) is 2. The topological polar surface area (TPSA) is 58.0 Å². The lowest BCUT2D eigenvalue weighted by atomic mass is 10.3. The van der Waals surface area contributed by atoms with E-state index in [9.17, 15) is 4.39 Å². The van der Waals surface area contributed by atoms with Crippen LogP contribution in [0.1, 0.15) is 6.42 Å². The third-order valence-electron chi connectivity index (χ3n) is 1.62. The largest absolute Gasteiger partial charge is 0.491 e. The van der Waals surface area contributed by atoms with Crippen LogP contribution < -0.4 is 4.74 Å². The first kappa shape index (κ1) is 11.8. The molecule has 0 saturated carbocycles. The molecule has 1 aromatic rings. The number of ether oxygens (including phenoxy) is 1. The van der Waals surface area contributed by atoms with Crippen molar-refractivity contribution in [1.82, 2.24) is 0 Å². The average molecular weight is 274 g/mol. The molecule has 1 rings (SSSR count). The highest BCUT2D eigenvalue weighted by Gasteiger charge is 2.02. The SMILES string of the molecule is [N-]=[N+]=NCCCOc1ccc(Br)cc1F. The Balaban J connectivity index is 2.40. The normalized spacial score (nSPS) is 9.47. The van der Waals surface area contributed by atoms with Gasteiger partial charge in [0.2, 0.25) is 0 Å². The van der Waals surface area contributed by atoms with Gasteiger partial charge in [0, 0.05) is 15.9 Å². The summed E-state index contributed by atoms with van der Waals surface area (Å²) in [6, 6.07) is 4.58. The molecule has 0 amide bonds. The molecule has 0 aliphatic carbocycles. The monoisotopic (exact) mass is 273 g/mol. The van der Waals surface area contributed by atoms with Gasteiger partial charge in [0.15, 0.2) is 11.6 Å². The second kappa shape index (κ2) is 6.27. The van der Waals surface area contributed by atoms with Gasteiger partial charge in [-0.1, -0.05) is 21.0 Å². The molecule has 80 valence electrons. The smallest absolute Gasteiger partial charge is 0.166 e. The Morgan fingerprint density at radius 1 is 1.53 bits per heavy atom. The molecule has 0 N–H and O–H groups in total. The maximum absolute atomic E-state index is 13.2. The molecule has 0 aliphatic rings. The van der Waals surface area contributed by atoms with Gasteiger partial charge in [-0.2, -0.15) is 0 Å². The summed E-state index contributed by atoms with van der Waals surface area (Å²) in [5.41, 5.74) is 8.01. The predicted molar refractivity (Wildman–Crippen MR) is 58.2 cm³/mol. The summed E-state index contributed by atoms with van der Waals surface area (Å²) in [5.74, 6) is -0.202. The summed E-state index contributed by atoms with van der Waals surface area (Å²) in [6.45, 7) is 0.687. The lowest BCUT2D eigenvalue weighted by Crippen LogP contribution is -2.00. The highest BCUT2D eigenvalue weighted by atomic mass is 79.9. The zero-order chi connectivity index (χ0) is 11.1. The summed E-state index contributed by atoms with van der Waals surface area (Å²) in [6.07, 6.45) is 0.569. The molecule has 1 aromatic carbocycles. The van der Waals surface area contributed by atoms with Crippen molar-refractivity contribution in [3.05, 3.63) is 38.9 Å². The first-order valence-electron chi connectivity index (χ1n) is 4.33. The van der Waals surface area contributed by atoms with Crippen molar-refractivity contribution in [3.8, 4) is 5.75 Å². The Kier molecular flexibility index (Phi) is 4.93. The maximum atomic E-state index is 13.2. The average Bonchev–Trinajstić information content (AvgIpc) is 2.20. The fourth-order valence-electron chi connectivity index (χ4n) is 0.954. The minimum Gasteiger partial charge on any atom is -0.491 e. The predicted octanol–water partition coefficient (Wildman–Crippen LogP) is 3.67. The lowest BCUT2D eigenvalue weighted by Gasteiger charge is -2.05. The summed E-state index contributed by atoms with van der Waals surface area (Å²) >= 11 is 3.15. The van der Waals surface area contributed by atoms with Crippen LogP contribution in [0, 0.1) is 5.82 Å². The van der Waals surface area contributed by atoms with Gasteiger partial charge in [0.05, 0.1) is 6.61 Å². The highest BCUT2D eigenvalue weighted by molar-refractivity contribution is 9.10. The second-order valence-electron chi connectivity index (χ2n) is 2.73. The molecule has 0 spiro atoms. The molecule has 0 unspecified atom stereocenters. The van der Waals surface area contributed by atoms with E-state index in [2.05, 4.69) is 26.0 Å². The van der Waals surface area contributed by atoms with Crippen LogP contribution in [0.3, 0.4) is 0 Å². The quantitative estimate of drug-likeness (QED) is 0.350. The zero-order valence-electron chi connectivity index (χ0n) is 7.86. The molecule has 6 heteroatoms. The number of halogens is 2. The van der Waals surface area contributed by atoms with Crippen LogP contribution in [0.15, 0.2) is 27.8 Å². The van der Waals surface area contributed by atoms with Gasteiger partial charge in [-0.25, -0.2) is 4.39 Å². The van der Waals surface area contributed by atoms with E-state index in [0.29, 0.717) is 24.0 Å². The standard InChI is InChI=1S/C9H9BrFN3O/c10-7-2-3-9(8(11)6-7)15-5-1-4-13-14-12/h2-3,6H,1,4-5H2. The minimum absolute atomic E-state index is 0.208. The van der Waals surface area contributed by atoms with Crippen LogP contribution in [-0.4, -0.2) is 13.2 Å². The molecule has 0 aromatic heterocycles. The molecule has 0 aliphatic heterocycles. The second-order valence-corrected chi connectivity index (χ2v) is 3.65. The molecule has 0 bridgehead atoms. The fourth-order valence-corrected chi connectivity index (χ4v) is 1.29. The van der Waals surface area contributed by atoms with Gasteiger partial charge >= 0.3 is 0 Å². The Morgan fingerprint density at radius 2 is 2.33 bits per heavy atom. The van der Waals surface area contributed by atoms with Gasteiger partial charge in [-0.15, -0.1) is 0 Å². The van der Waals surface area contributed by atoms with Crippen LogP contribution in [-0.2, 0) is 0 Å². The van der Waals surface area contributed by atoms with Gasteiger partial charge < -0.3 is 4.74 Å². The van der Waals surface area contributed by atoms with Crippen molar-refractivity contribution in [2.75, 3.05) is 13.2 Å². The first-order valence-corrected chi connectivity index (χ1v) is 5.12. The van der Waals surface area contributed by atoms with Gasteiger partial charge in [0.25, 0.3) is 0 Å². The fraction of sp³-hybridized carbons (Fsp3) is 0.333. The molecule has 0 fully saturated rings. The molecule has 0 saturated heterocycles. The summed E-state index contributed by atoms with van der Waals surface area (Å²) in [7, 11) is 0. The highest BCUT2D eigenvalue weighted by Crippen LogP contribution is 2.21. The molecule has 0 atom stereocenters. The van der Waals surface area contributed by atoms with Crippen LogP contribution >= 0.6 is 15.9 Å². The van der Waals surface area contributed by atoms with Crippen molar-refractivity contribution in [2.24, 2.45) is 5.11 Å². The van der Waals surface area contributed by atoms with E-state index < -0.39 is 5.82 Å².